The summed E-state index contributed by atoms with van der Waals surface area (Å²) in [5, 5.41) is 5.34. The Balaban J connectivity index is 1.99. The summed E-state index contributed by atoms with van der Waals surface area (Å²) in [6.45, 7) is 4.36. The highest BCUT2D eigenvalue weighted by Crippen LogP contribution is 2.25. The monoisotopic (exact) mass is 251 g/mol. The molecule has 17 heavy (non-hydrogen) atoms. The summed E-state index contributed by atoms with van der Waals surface area (Å²) in [5.41, 5.74) is 2.18. The molecule has 0 radical (unpaired) electrons. The number of aryl methyl sites for hydroxylation is 1. The molecule has 2 aromatic rings. The molecule has 0 saturated heterocycles. The lowest BCUT2D eigenvalue weighted by molar-refractivity contribution is 0.199. The van der Waals surface area contributed by atoms with Gasteiger partial charge in [-0.15, -0.1) is 11.3 Å². The van der Waals surface area contributed by atoms with E-state index >= 15 is 0 Å². The van der Waals surface area contributed by atoms with Crippen LogP contribution in [0.1, 0.15) is 11.5 Å². The van der Waals surface area contributed by atoms with E-state index in [0.717, 1.165) is 36.9 Å². The summed E-state index contributed by atoms with van der Waals surface area (Å²) < 4.78 is 4.98. The lowest BCUT2D eigenvalue weighted by Gasteiger charge is -2.00. The minimum absolute atomic E-state index is 0.720. The van der Waals surface area contributed by atoms with E-state index in [4.69, 9.17) is 4.74 Å². The summed E-state index contributed by atoms with van der Waals surface area (Å²) in [4.78, 5) is 9.11. The van der Waals surface area contributed by atoms with E-state index in [1.165, 1.54) is 4.88 Å². The number of nitrogens with one attached hydrogen (secondary N) is 2. The second-order valence-electron chi connectivity index (χ2n) is 3.80. The van der Waals surface area contributed by atoms with Crippen LogP contribution in [0.3, 0.4) is 0 Å². The Morgan fingerprint density at radius 1 is 1.53 bits per heavy atom. The number of aromatic nitrogens is 2. The second kappa shape index (κ2) is 5.95. The van der Waals surface area contributed by atoms with Crippen molar-refractivity contribution in [2.24, 2.45) is 0 Å². The SMILES string of the molecule is COCCNCc1nc(-c2cccs2)c(C)[nH]1. The predicted octanol–water partition coefficient (Wildman–Crippen LogP) is 2.18. The molecule has 0 unspecified atom stereocenters. The number of hydrogen-bond donors (Lipinski definition) is 2. The Morgan fingerprint density at radius 2 is 2.41 bits per heavy atom. The molecule has 0 saturated carbocycles. The number of thiophene rings is 1. The maximum atomic E-state index is 4.98. The van der Waals surface area contributed by atoms with Gasteiger partial charge in [0.2, 0.25) is 0 Å². The van der Waals surface area contributed by atoms with Gasteiger partial charge in [-0.1, -0.05) is 6.07 Å². The van der Waals surface area contributed by atoms with Crippen LogP contribution in [-0.4, -0.2) is 30.2 Å². The molecule has 2 aromatic heterocycles. The van der Waals surface area contributed by atoms with Gasteiger partial charge in [0.1, 0.15) is 11.5 Å². The first-order chi connectivity index (χ1) is 8.31. The lowest BCUT2D eigenvalue weighted by Crippen LogP contribution is -2.19. The Labute approximate surface area is 105 Å². The van der Waals surface area contributed by atoms with Crippen LogP contribution in [0.5, 0.6) is 0 Å². The molecular formula is C12H17N3OS. The predicted molar refractivity (Wildman–Crippen MR) is 70.2 cm³/mol. The quantitative estimate of drug-likeness (QED) is 0.774. The third-order valence-corrected chi connectivity index (χ3v) is 3.34. The minimum atomic E-state index is 0.720. The number of rotatable bonds is 6. The Bertz CT molecular complexity index is 450. The van der Waals surface area contributed by atoms with Gasteiger partial charge in [-0.2, -0.15) is 0 Å². The summed E-state index contributed by atoms with van der Waals surface area (Å²) in [5.74, 6) is 0.974. The average molecular weight is 251 g/mol. The Kier molecular flexibility index (Phi) is 4.30. The highest BCUT2D eigenvalue weighted by atomic mass is 32.1. The van der Waals surface area contributed by atoms with Crippen molar-refractivity contribution in [2.45, 2.75) is 13.5 Å². The molecule has 2 heterocycles. The number of H-pyrrole nitrogens is 1. The molecule has 0 aliphatic rings. The number of nitrogens with zero attached hydrogens (tertiary/aromatic N) is 1. The van der Waals surface area contributed by atoms with Gasteiger partial charge < -0.3 is 15.0 Å². The average Bonchev–Trinajstić information content (AvgIpc) is 2.93. The molecule has 0 fully saturated rings. The fraction of sp³-hybridized carbons (Fsp3) is 0.417. The summed E-state index contributed by atoms with van der Waals surface area (Å²) >= 11 is 1.71. The molecule has 0 aliphatic carbocycles. The van der Waals surface area contributed by atoms with Gasteiger partial charge >= 0.3 is 0 Å². The first-order valence-corrected chi connectivity index (χ1v) is 6.48. The van der Waals surface area contributed by atoms with Crippen LogP contribution in [0.4, 0.5) is 0 Å². The first-order valence-electron chi connectivity index (χ1n) is 5.60. The van der Waals surface area contributed by atoms with E-state index in [9.17, 15) is 0 Å². The highest BCUT2D eigenvalue weighted by molar-refractivity contribution is 7.13. The van der Waals surface area contributed by atoms with Crippen LogP contribution in [-0.2, 0) is 11.3 Å². The highest BCUT2D eigenvalue weighted by Gasteiger charge is 2.09. The molecular weight excluding hydrogens is 234 g/mol. The maximum absolute atomic E-state index is 4.98. The molecule has 0 bridgehead atoms. The molecule has 4 nitrogen and oxygen atoms in total. The topological polar surface area (TPSA) is 49.9 Å². The minimum Gasteiger partial charge on any atom is -0.383 e. The van der Waals surface area contributed by atoms with Gasteiger partial charge in [0.15, 0.2) is 0 Å². The van der Waals surface area contributed by atoms with E-state index in [-0.39, 0.29) is 0 Å². The van der Waals surface area contributed by atoms with Gasteiger partial charge in [0.05, 0.1) is 18.0 Å². The van der Waals surface area contributed by atoms with Crippen molar-refractivity contribution in [3.8, 4) is 10.6 Å². The zero-order valence-corrected chi connectivity index (χ0v) is 10.9. The molecule has 0 aromatic carbocycles. The second-order valence-corrected chi connectivity index (χ2v) is 4.75. The normalized spacial score (nSPS) is 10.9. The molecule has 0 atom stereocenters. The third kappa shape index (κ3) is 3.15. The molecule has 92 valence electrons. The van der Waals surface area contributed by atoms with Gasteiger partial charge in [0, 0.05) is 19.3 Å². The van der Waals surface area contributed by atoms with Crippen molar-refractivity contribution in [3.63, 3.8) is 0 Å². The van der Waals surface area contributed by atoms with Crippen LogP contribution in [0.25, 0.3) is 10.6 Å². The van der Waals surface area contributed by atoms with Crippen LogP contribution < -0.4 is 5.32 Å². The van der Waals surface area contributed by atoms with Gasteiger partial charge in [-0.25, -0.2) is 4.98 Å². The zero-order chi connectivity index (χ0) is 12.1. The van der Waals surface area contributed by atoms with E-state index < -0.39 is 0 Å². The summed E-state index contributed by atoms with van der Waals surface area (Å²) in [6.07, 6.45) is 0. The van der Waals surface area contributed by atoms with Gasteiger partial charge in [0.25, 0.3) is 0 Å². The summed E-state index contributed by atoms with van der Waals surface area (Å²) in [7, 11) is 1.70. The van der Waals surface area contributed by atoms with Gasteiger partial charge in [-0.05, 0) is 18.4 Å². The van der Waals surface area contributed by atoms with E-state index in [1.54, 1.807) is 18.4 Å². The molecule has 5 heteroatoms. The molecule has 2 rings (SSSR count). The molecule has 0 aliphatic heterocycles. The van der Waals surface area contributed by atoms with Crippen LogP contribution in [0.2, 0.25) is 0 Å². The van der Waals surface area contributed by atoms with Crippen molar-refractivity contribution in [1.29, 1.82) is 0 Å². The van der Waals surface area contributed by atoms with Crippen LogP contribution >= 0.6 is 11.3 Å². The number of aromatic amines is 1. The molecule has 2 N–H and O–H groups in total. The standard InChI is InChI=1S/C12H17N3OS/c1-9-12(10-4-3-7-17-10)15-11(14-9)8-13-5-6-16-2/h3-4,7,13H,5-6,8H2,1-2H3,(H,14,15). The van der Waals surface area contributed by atoms with Crippen LogP contribution in [0.15, 0.2) is 17.5 Å². The van der Waals surface area contributed by atoms with Crippen molar-refractivity contribution in [3.05, 3.63) is 29.0 Å². The fourth-order valence-electron chi connectivity index (χ4n) is 1.64. The zero-order valence-electron chi connectivity index (χ0n) is 10.1. The first kappa shape index (κ1) is 12.3. The smallest absolute Gasteiger partial charge is 0.121 e. The number of methoxy groups -OCH3 is 1. The van der Waals surface area contributed by atoms with Crippen molar-refractivity contribution >= 4 is 11.3 Å². The van der Waals surface area contributed by atoms with Crippen LogP contribution in [0, 0.1) is 6.92 Å². The molecule has 0 amide bonds. The molecule has 0 spiro atoms. The Morgan fingerprint density at radius 3 is 3.12 bits per heavy atom. The Hall–Kier alpha value is -1.17. The van der Waals surface area contributed by atoms with Crippen molar-refractivity contribution in [1.82, 2.24) is 15.3 Å². The van der Waals surface area contributed by atoms with E-state index in [0.29, 0.717) is 0 Å². The van der Waals surface area contributed by atoms with E-state index in [2.05, 4.69) is 33.7 Å². The summed E-state index contributed by atoms with van der Waals surface area (Å²) in [6, 6.07) is 4.14. The third-order valence-electron chi connectivity index (χ3n) is 2.46. The maximum Gasteiger partial charge on any atom is 0.121 e. The number of imidazole rings is 1. The van der Waals surface area contributed by atoms with E-state index in [1.807, 2.05) is 6.07 Å². The lowest BCUT2D eigenvalue weighted by atomic mass is 10.3. The van der Waals surface area contributed by atoms with Crippen molar-refractivity contribution in [2.75, 3.05) is 20.3 Å². The van der Waals surface area contributed by atoms with Gasteiger partial charge in [-0.3, -0.25) is 0 Å². The number of hydrogen-bond acceptors (Lipinski definition) is 4. The fourth-order valence-corrected chi connectivity index (χ4v) is 2.41. The number of ether oxygens (including phenoxy) is 1. The largest absolute Gasteiger partial charge is 0.383 e. The van der Waals surface area contributed by atoms with Crippen molar-refractivity contribution < 1.29 is 4.74 Å².